The summed E-state index contributed by atoms with van der Waals surface area (Å²) in [5, 5.41) is 14.4. The Kier molecular flexibility index (Phi) is 5.40. The smallest absolute Gasteiger partial charge is 0.275 e. The molecule has 0 aliphatic carbocycles. The Bertz CT molecular complexity index is 726. The van der Waals surface area contributed by atoms with Gasteiger partial charge in [0.05, 0.1) is 23.3 Å². The van der Waals surface area contributed by atoms with E-state index in [0.29, 0.717) is 23.5 Å². The number of nitrogens with one attached hydrogen (secondary N) is 1. The fraction of sp³-hybridized carbons (Fsp3) is 0.125. The monoisotopic (exact) mass is 313 g/mol. The maximum absolute atomic E-state index is 12.1. The molecule has 0 saturated heterocycles. The molecule has 2 aromatic carbocycles. The SMILES string of the molecule is CCOc1ccccc1C(=O)N/N=C/c1ccc([N+](=O)[O-])cc1. The summed E-state index contributed by atoms with van der Waals surface area (Å²) in [6.45, 7) is 2.29. The van der Waals surface area contributed by atoms with Gasteiger partial charge in [0, 0.05) is 12.1 Å². The topological polar surface area (TPSA) is 93.8 Å². The maximum atomic E-state index is 12.1. The van der Waals surface area contributed by atoms with E-state index in [1.807, 2.05) is 6.92 Å². The number of nitro groups is 1. The second-order valence-electron chi connectivity index (χ2n) is 4.48. The molecule has 1 amide bonds. The van der Waals surface area contributed by atoms with Crippen molar-refractivity contribution < 1.29 is 14.5 Å². The van der Waals surface area contributed by atoms with E-state index in [4.69, 9.17) is 4.74 Å². The zero-order valence-corrected chi connectivity index (χ0v) is 12.4. The molecule has 1 N–H and O–H groups in total. The molecule has 0 heterocycles. The predicted molar refractivity (Wildman–Crippen MR) is 85.8 cm³/mol. The van der Waals surface area contributed by atoms with E-state index in [0.717, 1.165) is 0 Å². The number of hydrogen-bond donors (Lipinski definition) is 1. The van der Waals surface area contributed by atoms with Gasteiger partial charge in [-0.1, -0.05) is 12.1 Å². The average Bonchev–Trinajstić information content (AvgIpc) is 2.56. The first-order chi connectivity index (χ1) is 11.1. The van der Waals surface area contributed by atoms with Crippen molar-refractivity contribution in [2.45, 2.75) is 6.92 Å². The molecule has 0 aromatic heterocycles. The van der Waals surface area contributed by atoms with E-state index < -0.39 is 10.8 Å². The van der Waals surface area contributed by atoms with Crippen molar-refractivity contribution in [2.24, 2.45) is 5.10 Å². The van der Waals surface area contributed by atoms with Crippen LogP contribution in [0.5, 0.6) is 5.75 Å². The second-order valence-corrected chi connectivity index (χ2v) is 4.48. The molecule has 0 unspecified atom stereocenters. The summed E-state index contributed by atoms with van der Waals surface area (Å²) in [4.78, 5) is 22.2. The molecule has 0 radical (unpaired) electrons. The molecular formula is C16H15N3O4. The van der Waals surface area contributed by atoms with E-state index in [1.165, 1.54) is 18.3 Å². The Morgan fingerprint density at radius 3 is 2.61 bits per heavy atom. The first-order valence-electron chi connectivity index (χ1n) is 6.91. The van der Waals surface area contributed by atoms with Gasteiger partial charge >= 0.3 is 0 Å². The fourth-order valence-corrected chi connectivity index (χ4v) is 1.84. The van der Waals surface area contributed by atoms with Crippen LogP contribution in [-0.4, -0.2) is 23.7 Å². The van der Waals surface area contributed by atoms with Crippen LogP contribution in [0.2, 0.25) is 0 Å². The van der Waals surface area contributed by atoms with Gasteiger partial charge in [-0.05, 0) is 36.8 Å². The number of carbonyl (C=O) groups excluding carboxylic acids is 1. The lowest BCUT2D eigenvalue weighted by molar-refractivity contribution is -0.384. The number of hydrazone groups is 1. The fourth-order valence-electron chi connectivity index (χ4n) is 1.84. The van der Waals surface area contributed by atoms with Gasteiger partial charge in [-0.3, -0.25) is 14.9 Å². The normalized spacial score (nSPS) is 10.5. The minimum absolute atomic E-state index is 0.00294. The molecule has 23 heavy (non-hydrogen) atoms. The maximum Gasteiger partial charge on any atom is 0.275 e. The molecule has 0 atom stereocenters. The van der Waals surface area contributed by atoms with Crippen LogP contribution >= 0.6 is 0 Å². The number of hydrogen-bond acceptors (Lipinski definition) is 5. The minimum atomic E-state index is -0.479. The van der Waals surface area contributed by atoms with Crippen LogP contribution in [0.1, 0.15) is 22.8 Å². The summed E-state index contributed by atoms with van der Waals surface area (Å²) in [7, 11) is 0. The van der Waals surface area contributed by atoms with E-state index in [-0.39, 0.29) is 5.69 Å². The molecule has 0 spiro atoms. The highest BCUT2D eigenvalue weighted by atomic mass is 16.6. The van der Waals surface area contributed by atoms with Gasteiger partial charge < -0.3 is 4.74 Å². The summed E-state index contributed by atoms with van der Waals surface area (Å²) in [5.41, 5.74) is 3.42. The molecule has 0 aliphatic heterocycles. The number of carbonyl (C=O) groups is 1. The number of benzene rings is 2. The highest BCUT2D eigenvalue weighted by molar-refractivity contribution is 5.97. The van der Waals surface area contributed by atoms with Crippen molar-refractivity contribution in [3.8, 4) is 5.75 Å². The molecule has 118 valence electrons. The molecule has 7 nitrogen and oxygen atoms in total. The number of nitro benzene ring substituents is 1. The van der Waals surface area contributed by atoms with Crippen LogP contribution in [0, 0.1) is 10.1 Å². The molecular weight excluding hydrogens is 298 g/mol. The number of ether oxygens (including phenoxy) is 1. The van der Waals surface area contributed by atoms with Crippen LogP contribution < -0.4 is 10.2 Å². The van der Waals surface area contributed by atoms with Gasteiger partial charge in [0.1, 0.15) is 5.75 Å². The van der Waals surface area contributed by atoms with E-state index >= 15 is 0 Å². The van der Waals surface area contributed by atoms with Crippen molar-refractivity contribution in [2.75, 3.05) is 6.61 Å². The van der Waals surface area contributed by atoms with Crippen LogP contribution in [0.3, 0.4) is 0 Å². The third-order valence-electron chi connectivity index (χ3n) is 2.92. The van der Waals surface area contributed by atoms with Gasteiger partial charge in [-0.15, -0.1) is 0 Å². The van der Waals surface area contributed by atoms with Gasteiger partial charge in [0.2, 0.25) is 0 Å². The number of non-ortho nitro benzene ring substituents is 1. The molecule has 0 bridgehead atoms. The van der Waals surface area contributed by atoms with Crippen molar-refractivity contribution in [3.05, 3.63) is 69.8 Å². The zero-order chi connectivity index (χ0) is 16.7. The first kappa shape index (κ1) is 16.2. The Hall–Kier alpha value is -3.22. The van der Waals surface area contributed by atoms with E-state index in [1.54, 1.807) is 36.4 Å². The van der Waals surface area contributed by atoms with E-state index in [2.05, 4.69) is 10.5 Å². The van der Waals surface area contributed by atoms with Crippen LogP contribution in [0.4, 0.5) is 5.69 Å². The highest BCUT2D eigenvalue weighted by Gasteiger charge is 2.10. The van der Waals surface area contributed by atoms with Crippen molar-refractivity contribution in [3.63, 3.8) is 0 Å². The Labute approximate surface area is 132 Å². The van der Waals surface area contributed by atoms with Gasteiger partial charge in [-0.2, -0.15) is 5.10 Å². The Morgan fingerprint density at radius 1 is 1.26 bits per heavy atom. The molecule has 0 aliphatic rings. The number of rotatable bonds is 6. The third kappa shape index (κ3) is 4.37. The van der Waals surface area contributed by atoms with Crippen molar-refractivity contribution in [1.82, 2.24) is 5.43 Å². The second kappa shape index (κ2) is 7.69. The first-order valence-corrected chi connectivity index (χ1v) is 6.91. The number of amides is 1. The van der Waals surface area contributed by atoms with Gasteiger partial charge in [0.15, 0.2) is 0 Å². The lowest BCUT2D eigenvalue weighted by atomic mass is 10.2. The summed E-state index contributed by atoms with van der Waals surface area (Å²) in [6.07, 6.45) is 1.41. The standard InChI is InChI=1S/C16H15N3O4/c1-2-23-15-6-4-3-5-14(15)16(20)18-17-11-12-7-9-13(10-8-12)19(21)22/h3-11H,2H2,1H3,(H,18,20)/b17-11+. The Morgan fingerprint density at radius 2 is 1.96 bits per heavy atom. The minimum Gasteiger partial charge on any atom is -0.493 e. The van der Waals surface area contributed by atoms with Crippen LogP contribution in [0.15, 0.2) is 53.6 Å². The predicted octanol–water partition coefficient (Wildman–Crippen LogP) is 2.76. The summed E-state index contributed by atoms with van der Waals surface area (Å²) < 4.78 is 5.38. The lowest BCUT2D eigenvalue weighted by Crippen LogP contribution is -2.18. The van der Waals surface area contributed by atoms with Crippen molar-refractivity contribution in [1.29, 1.82) is 0 Å². The largest absolute Gasteiger partial charge is 0.493 e. The van der Waals surface area contributed by atoms with E-state index in [9.17, 15) is 14.9 Å². The summed E-state index contributed by atoms with van der Waals surface area (Å²) >= 11 is 0. The highest BCUT2D eigenvalue weighted by Crippen LogP contribution is 2.17. The van der Waals surface area contributed by atoms with Gasteiger partial charge in [0.25, 0.3) is 11.6 Å². The van der Waals surface area contributed by atoms with Crippen molar-refractivity contribution >= 4 is 17.8 Å². The molecule has 2 rings (SSSR count). The Balaban J connectivity index is 2.02. The third-order valence-corrected chi connectivity index (χ3v) is 2.92. The molecule has 2 aromatic rings. The van der Waals surface area contributed by atoms with Crippen LogP contribution in [-0.2, 0) is 0 Å². The average molecular weight is 313 g/mol. The summed E-state index contributed by atoms with van der Waals surface area (Å²) in [6, 6.07) is 12.7. The number of para-hydroxylation sites is 1. The van der Waals surface area contributed by atoms with Crippen LogP contribution in [0.25, 0.3) is 0 Å². The quantitative estimate of drug-likeness (QED) is 0.504. The molecule has 7 heteroatoms. The lowest BCUT2D eigenvalue weighted by Gasteiger charge is -2.08. The zero-order valence-electron chi connectivity index (χ0n) is 12.4. The van der Waals surface area contributed by atoms with Gasteiger partial charge in [-0.25, -0.2) is 5.43 Å². The summed E-state index contributed by atoms with van der Waals surface area (Å²) in [5.74, 6) is 0.0882. The molecule has 0 fully saturated rings. The number of nitrogens with zero attached hydrogens (tertiary/aromatic N) is 2. The molecule has 0 saturated carbocycles.